The smallest absolute Gasteiger partial charge is 0.408 e. The first-order chi connectivity index (χ1) is 11.7. The summed E-state index contributed by atoms with van der Waals surface area (Å²) in [5, 5.41) is 12.4. The minimum atomic E-state index is -0.927. The molecule has 2 rings (SSSR count). The van der Waals surface area contributed by atoms with Gasteiger partial charge in [-0.25, -0.2) is 4.79 Å². The molecule has 0 aromatic heterocycles. The quantitative estimate of drug-likeness (QED) is 0.491. The fourth-order valence-electron chi connectivity index (χ4n) is 3.75. The molecule has 0 spiro atoms. The molecule has 0 saturated carbocycles. The monoisotopic (exact) mass is 341 g/mol. The zero-order chi connectivity index (χ0) is 17.2. The Morgan fingerprint density at radius 2 is 1.46 bits per heavy atom. The number of rotatable bonds is 13. The zero-order valence-corrected chi connectivity index (χ0v) is 15.2. The van der Waals surface area contributed by atoms with E-state index in [0.29, 0.717) is 0 Å². The Hall–Kier alpha value is -0.810. The summed E-state index contributed by atoms with van der Waals surface area (Å²) < 4.78 is 10.7. The van der Waals surface area contributed by atoms with E-state index in [1.54, 1.807) is 0 Å². The molecule has 0 bridgehead atoms. The van der Waals surface area contributed by atoms with Gasteiger partial charge >= 0.3 is 6.09 Å². The van der Waals surface area contributed by atoms with E-state index in [9.17, 15) is 9.90 Å². The van der Waals surface area contributed by atoms with Gasteiger partial charge in [-0.05, 0) is 6.42 Å². The number of aliphatic hydroxyl groups is 1. The minimum Gasteiger partial charge on any atom is -0.441 e. The van der Waals surface area contributed by atoms with Crippen molar-refractivity contribution in [2.75, 3.05) is 0 Å². The van der Waals surface area contributed by atoms with Crippen LogP contribution in [0, 0.1) is 0 Å². The van der Waals surface area contributed by atoms with Crippen LogP contribution < -0.4 is 5.32 Å². The van der Waals surface area contributed by atoms with Gasteiger partial charge in [-0.3, -0.25) is 0 Å². The Morgan fingerprint density at radius 1 is 0.917 bits per heavy atom. The van der Waals surface area contributed by atoms with Crippen molar-refractivity contribution in [2.24, 2.45) is 0 Å². The van der Waals surface area contributed by atoms with Gasteiger partial charge in [-0.2, -0.15) is 0 Å². The Balaban J connectivity index is 1.40. The molecule has 2 aliphatic heterocycles. The second-order valence-corrected chi connectivity index (χ2v) is 7.28. The predicted octanol–water partition coefficient (Wildman–Crippen LogP) is 4.27. The maximum atomic E-state index is 11.2. The third kappa shape index (κ3) is 6.25. The highest BCUT2D eigenvalue weighted by Crippen LogP contribution is 2.30. The van der Waals surface area contributed by atoms with Crippen LogP contribution in [0.5, 0.6) is 0 Å². The lowest BCUT2D eigenvalue weighted by Gasteiger charge is -2.14. The summed E-state index contributed by atoms with van der Waals surface area (Å²) >= 11 is 0. The lowest BCUT2D eigenvalue weighted by molar-refractivity contribution is -0.107. The maximum Gasteiger partial charge on any atom is 0.408 e. The topological polar surface area (TPSA) is 67.8 Å². The third-order valence-electron chi connectivity index (χ3n) is 5.21. The number of fused-ring (bicyclic) bond motifs is 1. The number of aliphatic hydroxyl groups excluding tert-OH is 1. The van der Waals surface area contributed by atoms with Gasteiger partial charge in [0.15, 0.2) is 12.4 Å². The average Bonchev–Trinajstić information content (AvgIpc) is 3.08. The highest BCUT2D eigenvalue weighted by molar-refractivity contribution is 5.70. The fourth-order valence-corrected chi connectivity index (χ4v) is 3.75. The molecule has 2 heterocycles. The number of hydrogen-bond donors (Lipinski definition) is 2. The van der Waals surface area contributed by atoms with Crippen LogP contribution in [0.1, 0.15) is 90.4 Å². The zero-order valence-electron chi connectivity index (χ0n) is 15.2. The fraction of sp³-hybridized carbons (Fsp3) is 0.947. The predicted molar refractivity (Wildman–Crippen MR) is 93.8 cm³/mol. The summed E-state index contributed by atoms with van der Waals surface area (Å²) in [6, 6.07) is -0.389. The molecule has 140 valence electrons. The molecule has 2 aliphatic rings. The van der Waals surface area contributed by atoms with Crippen LogP contribution in [0.3, 0.4) is 0 Å². The third-order valence-corrected chi connectivity index (χ3v) is 5.21. The molecule has 2 fully saturated rings. The number of carbonyl (C=O) groups excluding carboxylic acids is 1. The van der Waals surface area contributed by atoms with Crippen LogP contribution in [0.25, 0.3) is 0 Å². The van der Waals surface area contributed by atoms with Crippen molar-refractivity contribution in [1.82, 2.24) is 5.32 Å². The Labute approximate surface area is 146 Å². The van der Waals surface area contributed by atoms with E-state index in [1.807, 2.05) is 0 Å². The number of amides is 1. The van der Waals surface area contributed by atoms with Gasteiger partial charge < -0.3 is 19.9 Å². The van der Waals surface area contributed by atoms with Crippen molar-refractivity contribution < 1.29 is 19.4 Å². The van der Waals surface area contributed by atoms with Crippen LogP contribution in [-0.4, -0.2) is 35.7 Å². The molecule has 1 unspecified atom stereocenters. The molecular formula is C19H35NO4. The Kier molecular flexibility index (Phi) is 8.89. The molecule has 4 atom stereocenters. The van der Waals surface area contributed by atoms with E-state index in [0.717, 1.165) is 12.8 Å². The second kappa shape index (κ2) is 10.9. The molecule has 0 aromatic carbocycles. The standard InChI is InChI=1S/C19H35NO4/c1-2-3-4-5-6-7-8-9-10-11-12-13-14-15-17-16(18(21)23-15)20-19(22)24-17/h15-18,21H,2-14H2,1H3,(H,20,22)/t15-,16+,17+,18?/m0/s1. The van der Waals surface area contributed by atoms with Crippen LogP contribution in [0.2, 0.25) is 0 Å². The molecular weight excluding hydrogens is 306 g/mol. The maximum absolute atomic E-state index is 11.2. The van der Waals surface area contributed by atoms with Gasteiger partial charge in [0, 0.05) is 0 Å². The van der Waals surface area contributed by atoms with Crippen molar-refractivity contribution >= 4 is 6.09 Å². The van der Waals surface area contributed by atoms with Gasteiger partial charge in [0.25, 0.3) is 0 Å². The van der Waals surface area contributed by atoms with E-state index in [4.69, 9.17) is 9.47 Å². The SMILES string of the molecule is CCCCCCCCCCCCCC[C@@H]1OC(O)[C@@H]2NC(=O)O[C@H]12. The van der Waals surface area contributed by atoms with E-state index in [1.165, 1.54) is 70.6 Å². The molecule has 2 N–H and O–H groups in total. The first-order valence-electron chi connectivity index (χ1n) is 10.0. The van der Waals surface area contributed by atoms with E-state index in [2.05, 4.69) is 12.2 Å². The molecule has 5 nitrogen and oxygen atoms in total. The van der Waals surface area contributed by atoms with E-state index >= 15 is 0 Å². The first-order valence-corrected chi connectivity index (χ1v) is 10.0. The van der Waals surface area contributed by atoms with Crippen molar-refractivity contribution in [2.45, 2.75) is 115 Å². The number of hydrogen-bond acceptors (Lipinski definition) is 4. The molecule has 24 heavy (non-hydrogen) atoms. The summed E-state index contributed by atoms with van der Waals surface area (Å²) in [4.78, 5) is 11.2. The Bertz CT molecular complexity index is 363. The minimum absolute atomic E-state index is 0.160. The summed E-state index contributed by atoms with van der Waals surface area (Å²) in [5.74, 6) is 0. The van der Waals surface area contributed by atoms with Gasteiger partial charge in [0.05, 0.1) is 0 Å². The number of alkyl carbamates (subject to hydrolysis) is 1. The Morgan fingerprint density at radius 3 is 2.04 bits per heavy atom. The highest BCUT2D eigenvalue weighted by atomic mass is 16.7. The lowest BCUT2D eigenvalue weighted by atomic mass is 10.0. The van der Waals surface area contributed by atoms with Crippen LogP contribution in [-0.2, 0) is 9.47 Å². The normalized spacial score (nSPS) is 28.7. The summed E-state index contributed by atoms with van der Waals surface area (Å²) in [7, 11) is 0. The summed E-state index contributed by atoms with van der Waals surface area (Å²) in [5.41, 5.74) is 0. The van der Waals surface area contributed by atoms with Crippen LogP contribution in [0.4, 0.5) is 4.79 Å². The molecule has 0 aliphatic carbocycles. The number of nitrogens with one attached hydrogen (secondary N) is 1. The van der Waals surface area contributed by atoms with Crippen molar-refractivity contribution in [3.63, 3.8) is 0 Å². The second-order valence-electron chi connectivity index (χ2n) is 7.28. The number of carbonyl (C=O) groups is 1. The van der Waals surface area contributed by atoms with Gasteiger partial charge in [-0.1, -0.05) is 84.0 Å². The van der Waals surface area contributed by atoms with Crippen LogP contribution >= 0.6 is 0 Å². The summed E-state index contributed by atoms with van der Waals surface area (Å²) in [6.45, 7) is 2.26. The van der Waals surface area contributed by atoms with Crippen molar-refractivity contribution in [3.8, 4) is 0 Å². The van der Waals surface area contributed by atoms with E-state index < -0.39 is 12.4 Å². The molecule has 5 heteroatoms. The molecule has 0 radical (unpaired) electrons. The first kappa shape index (κ1) is 19.5. The van der Waals surface area contributed by atoms with Crippen molar-refractivity contribution in [3.05, 3.63) is 0 Å². The van der Waals surface area contributed by atoms with Crippen molar-refractivity contribution in [1.29, 1.82) is 0 Å². The average molecular weight is 341 g/mol. The summed E-state index contributed by atoms with van der Waals surface area (Å²) in [6.07, 6.45) is 14.9. The largest absolute Gasteiger partial charge is 0.441 e. The molecule has 2 saturated heterocycles. The van der Waals surface area contributed by atoms with Gasteiger partial charge in [-0.15, -0.1) is 0 Å². The molecule has 0 aromatic rings. The lowest BCUT2D eigenvalue weighted by Crippen LogP contribution is -2.37. The van der Waals surface area contributed by atoms with Gasteiger partial charge in [0.2, 0.25) is 0 Å². The van der Waals surface area contributed by atoms with Gasteiger partial charge in [0.1, 0.15) is 12.1 Å². The van der Waals surface area contributed by atoms with Crippen LogP contribution in [0.15, 0.2) is 0 Å². The van der Waals surface area contributed by atoms with E-state index in [-0.39, 0.29) is 18.2 Å². The molecule has 1 amide bonds. The number of unbranched alkanes of at least 4 members (excludes halogenated alkanes) is 11. The highest BCUT2D eigenvalue weighted by Gasteiger charge is 2.50. The number of ether oxygens (including phenoxy) is 2.